The fraction of sp³-hybridized carbons (Fsp3) is 1.00. The molecule has 0 aliphatic carbocycles. The standard InChI is InChI=1S/C11H24N2/c1-5-10(3)13-8-7-12(4)9-11(13)6-2/h10-11H,5-9H2,1-4H3. The van der Waals surface area contributed by atoms with Crippen molar-refractivity contribution in [3.05, 3.63) is 0 Å². The molecule has 1 aliphatic rings. The Morgan fingerprint density at radius 3 is 2.54 bits per heavy atom. The minimum atomic E-state index is 0.763. The molecule has 0 aromatic carbocycles. The smallest absolute Gasteiger partial charge is 0.0223 e. The van der Waals surface area contributed by atoms with Gasteiger partial charge in [-0.1, -0.05) is 13.8 Å². The maximum atomic E-state index is 2.68. The molecule has 13 heavy (non-hydrogen) atoms. The average Bonchev–Trinajstić information content (AvgIpc) is 2.16. The van der Waals surface area contributed by atoms with E-state index in [2.05, 4.69) is 37.6 Å². The first-order chi connectivity index (χ1) is 6.19. The Morgan fingerprint density at radius 1 is 1.31 bits per heavy atom. The van der Waals surface area contributed by atoms with Gasteiger partial charge >= 0.3 is 0 Å². The summed E-state index contributed by atoms with van der Waals surface area (Å²) in [4.78, 5) is 5.13. The molecule has 0 spiro atoms. The van der Waals surface area contributed by atoms with Crippen LogP contribution in [-0.4, -0.2) is 48.6 Å². The van der Waals surface area contributed by atoms with Crippen molar-refractivity contribution in [2.24, 2.45) is 0 Å². The fourth-order valence-corrected chi connectivity index (χ4v) is 2.20. The molecule has 1 fully saturated rings. The third-order valence-corrected chi connectivity index (χ3v) is 3.36. The highest BCUT2D eigenvalue weighted by Crippen LogP contribution is 2.16. The monoisotopic (exact) mass is 184 g/mol. The van der Waals surface area contributed by atoms with E-state index in [0.29, 0.717) is 0 Å². The van der Waals surface area contributed by atoms with E-state index in [0.717, 1.165) is 12.1 Å². The van der Waals surface area contributed by atoms with Crippen molar-refractivity contribution in [2.75, 3.05) is 26.7 Å². The van der Waals surface area contributed by atoms with Crippen molar-refractivity contribution in [1.82, 2.24) is 9.80 Å². The van der Waals surface area contributed by atoms with Gasteiger partial charge in [0.1, 0.15) is 0 Å². The first-order valence-corrected chi connectivity index (χ1v) is 5.63. The summed E-state index contributed by atoms with van der Waals surface area (Å²) < 4.78 is 0. The zero-order chi connectivity index (χ0) is 9.84. The third-order valence-electron chi connectivity index (χ3n) is 3.36. The van der Waals surface area contributed by atoms with Gasteiger partial charge in [-0.05, 0) is 26.8 Å². The molecule has 2 unspecified atom stereocenters. The first kappa shape index (κ1) is 11.0. The summed E-state index contributed by atoms with van der Waals surface area (Å²) in [6.07, 6.45) is 2.56. The van der Waals surface area contributed by atoms with Crippen LogP contribution in [-0.2, 0) is 0 Å². The van der Waals surface area contributed by atoms with Crippen molar-refractivity contribution in [2.45, 2.75) is 45.7 Å². The largest absolute Gasteiger partial charge is 0.304 e. The Hall–Kier alpha value is -0.0800. The molecule has 0 aromatic heterocycles. The van der Waals surface area contributed by atoms with Gasteiger partial charge in [-0.25, -0.2) is 0 Å². The number of hydrogen-bond acceptors (Lipinski definition) is 2. The van der Waals surface area contributed by atoms with Gasteiger partial charge in [0, 0.05) is 31.7 Å². The lowest BCUT2D eigenvalue weighted by Crippen LogP contribution is -2.54. The zero-order valence-electron chi connectivity index (χ0n) is 9.58. The summed E-state index contributed by atoms with van der Waals surface area (Å²) >= 11 is 0. The Labute approximate surface area is 82.9 Å². The highest BCUT2D eigenvalue weighted by atomic mass is 15.3. The van der Waals surface area contributed by atoms with Gasteiger partial charge in [-0.3, -0.25) is 4.90 Å². The normalized spacial score (nSPS) is 29.1. The molecular formula is C11H24N2. The Kier molecular flexibility index (Phi) is 4.20. The summed E-state index contributed by atoms with van der Waals surface area (Å²) in [5.74, 6) is 0. The molecular weight excluding hydrogens is 160 g/mol. The Balaban J connectivity index is 2.52. The van der Waals surface area contributed by atoms with Crippen LogP contribution in [0.3, 0.4) is 0 Å². The molecule has 0 radical (unpaired) electrons. The van der Waals surface area contributed by atoms with E-state index in [1.54, 1.807) is 0 Å². The molecule has 2 heteroatoms. The van der Waals surface area contributed by atoms with Crippen molar-refractivity contribution < 1.29 is 0 Å². The maximum absolute atomic E-state index is 2.68. The summed E-state index contributed by atoms with van der Waals surface area (Å²) in [5.41, 5.74) is 0. The van der Waals surface area contributed by atoms with E-state index in [-0.39, 0.29) is 0 Å². The highest BCUT2D eigenvalue weighted by molar-refractivity contribution is 4.82. The summed E-state index contributed by atoms with van der Waals surface area (Å²) in [6, 6.07) is 1.55. The van der Waals surface area contributed by atoms with Gasteiger partial charge in [0.25, 0.3) is 0 Å². The molecule has 0 N–H and O–H groups in total. The van der Waals surface area contributed by atoms with E-state index in [9.17, 15) is 0 Å². The lowest BCUT2D eigenvalue weighted by Gasteiger charge is -2.42. The third kappa shape index (κ3) is 2.68. The molecule has 0 amide bonds. The van der Waals surface area contributed by atoms with Crippen molar-refractivity contribution in [3.63, 3.8) is 0 Å². The molecule has 78 valence electrons. The molecule has 0 bridgehead atoms. The molecule has 1 saturated heterocycles. The second-order valence-corrected chi connectivity index (χ2v) is 4.32. The highest BCUT2D eigenvalue weighted by Gasteiger charge is 2.26. The number of hydrogen-bond donors (Lipinski definition) is 0. The van der Waals surface area contributed by atoms with E-state index < -0.39 is 0 Å². The molecule has 2 atom stereocenters. The van der Waals surface area contributed by atoms with Crippen LogP contribution in [0, 0.1) is 0 Å². The van der Waals surface area contributed by atoms with Crippen LogP contribution in [0.2, 0.25) is 0 Å². The first-order valence-electron chi connectivity index (χ1n) is 5.63. The van der Waals surface area contributed by atoms with Crippen molar-refractivity contribution in [1.29, 1.82) is 0 Å². The van der Waals surface area contributed by atoms with Gasteiger partial charge < -0.3 is 4.90 Å². The molecule has 2 nitrogen and oxygen atoms in total. The minimum absolute atomic E-state index is 0.763. The van der Waals surface area contributed by atoms with Crippen molar-refractivity contribution >= 4 is 0 Å². The van der Waals surface area contributed by atoms with Crippen LogP contribution in [0.4, 0.5) is 0 Å². The van der Waals surface area contributed by atoms with E-state index in [4.69, 9.17) is 0 Å². The fourth-order valence-electron chi connectivity index (χ4n) is 2.20. The number of likely N-dealkylation sites (N-methyl/N-ethyl adjacent to an activating group) is 1. The predicted molar refractivity (Wildman–Crippen MR) is 58.0 cm³/mol. The Bertz CT molecular complexity index is 147. The Morgan fingerprint density at radius 2 is 2.00 bits per heavy atom. The number of piperazine rings is 1. The minimum Gasteiger partial charge on any atom is -0.304 e. The SMILES string of the molecule is CCC(C)N1CCN(C)CC1CC. The topological polar surface area (TPSA) is 6.48 Å². The molecule has 0 saturated carbocycles. The molecule has 1 aliphatic heterocycles. The van der Waals surface area contributed by atoms with E-state index in [1.807, 2.05) is 0 Å². The van der Waals surface area contributed by atoms with Crippen LogP contribution in [0.1, 0.15) is 33.6 Å². The van der Waals surface area contributed by atoms with Gasteiger partial charge in [-0.15, -0.1) is 0 Å². The molecule has 1 rings (SSSR count). The van der Waals surface area contributed by atoms with Crippen LogP contribution in [0.15, 0.2) is 0 Å². The van der Waals surface area contributed by atoms with Gasteiger partial charge in [0.05, 0.1) is 0 Å². The average molecular weight is 184 g/mol. The quantitative estimate of drug-likeness (QED) is 0.660. The lowest BCUT2D eigenvalue weighted by molar-refractivity contribution is 0.0548. The van der Waals surface area contributed by atoms with Gasteiger partial charge in [0.2, 0.25) is 0 Å². The second kappa shape index (κ2) is 4.97. The van der Waals surface area contributed by atoms with Crippen LogP contribution >= 0.6 is 0 Å². The lowest BCUT2D eigenvalue weighted by atomic mass is 10.1. The summed E-state index contributed by atoms with van der Waals surface area (Å²) in [5, 5.41) is 0. The second-order valence-electron chi connectivity index (χ2n) is 4.32. The molecule has 1 heterocycles. The van der Waals surface area contributed by atoms with E-state index >= 15 is 0 Å². The van der Waals surface area contributed by atoms with Crippen LogP contribution < -0.4 is 0 Å². The molecule has 0 aromatic rings. The summed E-state index contributed by atoms with van der Waals surface area (Å²) in [7, 11) is 2.23. The van der Waals surface area contributed by atoms with Gasteiger partial charge in [0.15, 0.2) is 0 Å². The van der Waals surface area contributed by atoms with E-state index in [1.165, 1.54) is 32.5 Å². The van der Waals surface area contributed by atoms with Crippen LogP contribution in [0.5, 0.6) is 0 Å². The maximum Gasteiger partial charge on any atom is 0.0223 e. The number of nitrogens with zero attached hydrogens (tertiary/aromatic N) is 2. The zero-order valence-corrected chi connectivity index (χ0v) is 9.58. The van der Waals surface area contributed by atoms with Crippen LogP contribution in [0.25, 0.3) is 0 Å². The van der Waals surface area contributed by atoms with Crippen molar-refractivity contribution in [3.8, 4) is 0 Å². The number of rotatable bonds is 3. The summed E-state index contributed by atoms with van der Waals surface area (Å²) in [6.45, 7) is 10.7. The van der Waals surface area contributed by atoms with Gasteiger partial charge in [-0.2, -0.15) is 0 Å². The predicted octanol–water partition coefficient (Wildman–Crippen LogP) is 1.81.